The first-order chi connectivity index (χ1) is 13.5. The topological polar surface area (TPSA) is 73.8 Å². The third-order valence-corrected chi connectivity index (χ3v) is 5.88. The Morgan fingerprint density at radius 2 is 2.14 bits per heavy atom. The van der Waals surface area contributed by atoms with E-state index in [1.807, 2.05) is 16.8 Å². The van der Waals surface area contributed by atoms with Crippen LogP contribution in [0.5, 0.6) is 0 Å². The predicted molar refractivity (Wildman–Crippen MR) is 113 cm³/mol. The van der Waals surface area contributed by atoms with Gasteiger partial charge in [0.25, 0.3) is 5.56 Å². The van der Waals surface area contributed by atoms with Crippen molar-refractivity contribution in [2.75, 3.05) is 0 Å². The quantitative estimate of drug-likeness (QED) is 0.311. The van der Waals surface area contributed by atoms with E-state index in [2.05, 4.69) is 29.0 Å². The summed E-state index contributed by atoms with van der Waals surface area (Å²) in [7, 11) is 0. The van der Waals surface area contributed by atoms with Crippen molar-refractivity contribution in [1.29, 1.82) is 0 Å². The van der Waals surface area contributed by atoms with Crippen LogP contribution in [0.3, 0.4) is 0 Å². The smallest absolute Gasteiger partial charge is 0.262 e. The number of hydrogen-bond acceptors (Lipinski definition) is 7. The molecule has 0 spiro atoms. The summed E-state index contributed by atoms with van der Waals surface area (Å²) in [6, 6.07) is 7.12. The predicted octanol–water partition coefficient (Wildman–Crippen LogP) is 5.11. The maximum Gasteiger partial charge on any atom is 0.262 e. The lowest BCUT2D eigenvalue weighted by Crippen LogP contribution is -2.25. The number of aromatic nitrogens is 4. The lowest BCUT2D eigenvalue weighted by atomic mass is 10.2. The zero-order valence-electron chi connectivity index (χ0n) is 15.3. The Labute approximate surface area is 174 Å². The van der Waals surface area contributed by atoms with Crippen molar-refractivity contribution in [1.82, 2.24) is 19.7 Å². The molecule has 0 aliphatic heterocycles. The Kier molecular flexibility index (Phi) is 5.52. The molecule has 0 amide bonds. The van der Waals surface area contributed by atoms with Gasteiger partial charge >= 0.3 is 0 Å². The maximum atomic E-state index is 13.0. The van der Waals surface area contributed by atoms with Crippen LogP contribution in [-0.2, 0) is 12.3 Å². The van der Waals surface area contributed by atoms with Gasteiger partial charge < -0.3 is 4.52 Å². The van der Waals surface area contributed by atoms with E-state index >= 15 is 0 Å². The number of hydrogen-bond donors (Lipinski definition) is 0. The van der Waals surface area contributed by atoms with Gasteiger partial charge in [0, 0.05) is 22.5 Å². The Morgan fingerprint density at radius 3 is 2.89 bits per heavy atom. The number of fused-ring (bicyclic) bond motifs is 1. The van der Waals surface area contributed by atoms with E-state index in [9.17, 15) is 4.79 Å². The van der Waals surface area contributed by atoms with Crippen LogP contribution in [0.15, 0.2) is 49.5 Å². The highest BCUT2D eigenvalue weighted by molar-refractivity contribution is 7.98. The SMILES string of the molecule is CC(C)Cn1c(SCc2nc(-c3ccsc3)no2)nc2ccc(Cl)cc2c1=O. The first kappa shape index (κ1) is 19.2. The van der Waals surface area contributed by atoms with Gasteiger partial charge in [0.2, 0.25) is 11.7 Å². The Bertz CT molecular complexity index is 1170. The summed E-state index contributed by atoms with van der Waals surface area (Å²) >= 11 is 9.06. The number of rotatable bonds is 6. The van der Waals surface area contributed by atoms with Gasteiger partial charge in [-0.05, 0) is 35.6 Å². The van der Waals surface area contributed by atoms with Crippen molar-refractivity contribution in [2.45, 2.75) is 31.3 Å². The first-order valence-electron chi connectivity index (χ1n) is 8.69. The second-order valence-corrected chi connectivity index (χ2v) is 8.84. The lowest BCUT2D eigenvalue weighted by molar-refractivity contribution is 0.391. The van der Waals surface area contributed by atoms with E-state index in [-0.39, 0.29) is 5.56 Å². The number of halogens is 1. The largest absolute Gasteiger partial charge is 0.338 e. The molecule has 0 aliphatic carbocycles. The van der Waals surface area contributed by atoms with Gasteiger partial charge in [-0.3, -0.25) is 9.36 Å². The molecule has 0 atom stereocenters. The minimum Gasteiger partial charge on any atom is -0.338 e. The fraction of sp³-hybridized carbons (Fsp3) is 0.263. The van der Waals surface area contributed by atoms with Crippen molar-refractivity contribution < 1.29 is 4.52 Å². The van der Waals surface area contributed by atoms with Crippen LogP contribution >= 0.6 is 34.7 Å². The molecule has 0 saturated heterocycles. The van der Waals surface area contributed by atoms with Crippen LogP contribution in [0.2, 0.25) is 5.02 Å². The molecule has 9 heteroatoms. The van der Waals surface area contributed by atoms with Crippen LogP contribution < -0.4 is 5.56 Å². The Hall–Kier alpha value is -2.16. The highest BCUT2D eigenvalue weighted by Crippen LogP contribution is 2.25. The molecule has 0 saturated carbocycles. The summed E-state index contributed by atoms with van der Waals surface area (Å²) < 4.78 is 7.05. The van der Waals surface area contributed by atoms with E-state index in [1.54, 1.807) is 34.1 Å². The molecule has 0 fully saturated rings. The summed E-state index contributed by atoms with van der Waals surface area (Å²) in [5.74, 6) is 1.79. The first-order valence-corrected chi connectivity index (χ1v) is 11.0. The van der Waals surface area contributed by atoms with E-state index in [0.29, 0.717) is 51.0 Å². The third-order valence-electron chi connectivity index (χ3n) is 4.00. The average molecular weight is 433 g/mol. The Balaban J connectivity index is 1.65. The van der Waals surface area contributed by atoms with Crippen LogP contribution in [0.25, 0.3) is 22.3 Å². The molecule has 0 N–H and O–H groups in total. The second-order valence-electron chi connectivity index (χ2n) is 6.68. The molecule has 4 aromatic rings. The molecule has 6 nitrogen and oxygen atoms in total. The zero-order valence-corrected chi connectivity index (χ0v) is 17.6. The number of nitrogens with zero attached hydrogens (tertiary/aromatic N) is 4. The summed E-state index contributed by atoms with van der Waals surface area (Å²) in [5, 5.41) is 9.64. The maximum absolute atomic E-state index is 13.0. The van der Waals surface area contributed by atoms with Gasteiger partial charge in [-0.25, -0.2) is 4.98 Å². The summed E-state index contributed by atoms with van der Waals surface area (Å²) in [6.07, 6.45) is 0. The van der Waals surface area contributed by atoms with Gasteiger partial charge in [-0.1, -0.05) is 42.4 Å². The molecule has 1 aromatic carbocycles. The Morgan fingerprint density at radius 1 is 1.29 bits per heavy atom. The van der Waals surface area contributed by atoms with Gasteiger partial charge in [-0.15, -0.1) is 0 Å². The fourth-order valence-corrected chi connectivity index (χ4v) is 4.41. The van der Waals surface area contributed by atoms with Crippen molar-refractivity contribution >= 4 is 45.6 Å². The van der Waals surface area contributed by atoms with Crippen molar-refractivity contribution in [3.63, 3.8) is 0 Å². The molecule has 3 heterocycles. The molecule has 0 aliphatic rings. The zero-order chi connectivity index (χ0) is 19.7. The summed E-state index contributed by atoms with van der Waals surface area (Å²) in [6.45, 7) is 4.70. The number of benzene rings is 1. The minimum atomic E-state index is -0.0896. The van der Waals surface area contributed by atoms with Crippen molar-refractivity contribution in [3.05, 3.63) is 56.3 Å². The monoisotopic (exact) mass is 432 g/mol. The second kappa shape index (κ2) is 8.06. The summed E-state index contributed by atoms with van der Waals surface area (Å²) in [5.41, 5.74) is 1.47. The fourth-order valence-electron chi connectivity index (χ4n) is 2.76. The van der Waals surface area contributed by atoms with Crippen LogP contribution in [0.4, 0.5) is 0 Å². The molecular formula is C19H17ClN4O2S2. The normalized spacial score (nSPS) is 11.6. The molecule has 28 heavy (non-hydrogen) atoms. The molecule has 0 radical (unpaired) electrons. The number of thioether (sulfide) groups is 1. The van der Waals surface area contributed by atoms with E-state index in [1.165, 1.54) is 11.8 Å². The van der Waals surface area contributed by atoms with Crippen LogP contribution in [0.1, 0.15) is 19.7 Å². The third kappa shape index (κ3) is 3.99. The average Bonchev–Trinajstić information content (AvgIpc) is 3.34. The van der Waals surface area contributed by atoms with Crippen LogP contribution in [-0.4, -0.2) is 19.7 Å². The van der Waals surface area contributed by atoms with E-state index in [4.69, 9.17) is 16.1 Å². The molecular weight excluding hydrogens is 416 g/mol. The minimum absolute atomic E-state index is 0.0896. The summed E-state index contributed by atoms with van der Waals surface area (Å²) in [4.78, 5) is 22.1. The highest BCUT2D eigenvalue weighted by atomic mass is 35.5. The molecule has 0 bridgehead atoms. The van der Waals surface area contributed by atoms with Gasteiger partial charge in [0.05, 0.1) is 16.7 Å². The van der Waals surface area contributed by atoms with Gasteiger partial charge in [0.15, 0.2) is 5.16 Å². The van der Waals surface area contributed by atoms with E-state index < -0.39 is 0 Å². The molecule has 144 valence electrons. The molecule has 3 aromatic heterocycles. The lowest BCUT2D eigenvalue weighted by Gasteiger charge is -2.14. The van der Waals surface area contributed by atoms with Crippen molar-refractivity contribution in [2.24, 2.45) is 5.92 Å². The standard InChI is InChI=1S/C19H17ClN4O2S2/c1-11(2)8-24-18(25)14-7-13(20)3-4-15(14)21-19(24)28-10-16-22-17(23-26-16)12-5-6-27-9-12/h3-7,9,11H,8,10H2,1-2H3. The molecule has 0 unspecified atom stereocenters. The number of thiophene rings is 1. The van der Waals surface area contributed by atoms with Crippen LogP contribution in [0, 0.1) is 5.92 Å². The molecule has 4 rings (SSSR count). The van der Waals surface area contributed by atoms with E-state index in [0.717, 1.165) is 5.56 Å². The van der Waals surface area contributed by atoms with Crippen molar-refractivity contribution in [3.8, 4) is 11.4 Å². The highest BCUT2D eigenvalue weighted by Gasteiger charge is 2.15. The van der Waals surface area contributed by atoms with Gasteiger partial charge in [0.1, 0.15) is 0 Å². The van der Waals surface area contributed by atoms with Gasteiger partial charge in [-0.2, -0.15) is 16.3 Å².